The minimum absolute atomic E-state index is 0.577. The molecule has 0 amide bonds. The molecule has 1 aromatic carbocycles. The van der Waals surface area contributed by atoms with Crippen LogP contribution in [-0.2, 0) is 13.0 Å². The van der Waals surface area contributed by atoms with E-state index in [1.807, 2.05) is 30.0 Å². The van der Waals surface area contributed by atoms with Gasteiger partial charge in [0.1, 0.15) is 5.82 Å². The molecular formula is C15H16ClN3S. The molecule has 5 heteroatoms. The van der Waals surface area contributed by atoms with E-state index in [9.17, 15) is 0 Å². The van der Waals surface area contributed by atoms with Gasteiger partial charge in [0, 0.05) is 18.8 Å². The number of alkyl halides is 1. The van der Waals surface area contributed by atoms with Gasteiger partial charge in [0.2, 0.25) is 0 Å². The standard InChI is InChI=1S/C15H16ClN3S/c16-5-3-15-18-13-2-1-11(8-17)7-14(13)19(15)9-12-4-6-20-10-12/h1-2,7,12H,3-6,9-10H2. The SMILES string of the molecule is N#Cc1ccc2nc(CCCl)n(CC3CCSC3)c2c1. The molecule has 1 aliphatic rings. The van der Waals surface area contributed by atoms with E-state index in [0.29, 0.717) is 17.4 Å². The predicted molar refractivity (Wildman–Crippen MR) is 84.3 cm³/mol. The Bertz CT molecular complexity index is 653. The fourth-order valence-electron chi connectivity index (χ4n) is 2.71. The first-order valence-corrected chi connectivity index (χ1v) is 8.53. The Morgan fingerprint density at radius 2 is 2.40 bits per heavy atom. The summed E-state index contributed by atoms with van der Waals surface area (Å²) in [5.41, 5.74) is 2.73. The third kappa shape index (κ3) is 2.65. The van der Waals surface area contributed by atoms with E-state index in [-0.39, 0.29) is 0 Å². The molecule has 1 unspecified atom stereocenters. The Morgan fingerprint density at radius 1 is 1.50 bits per heavy atom. The summed E-state index contributed by atoms with van der Waals surface area (Å²) in [5.74, 6) is 4.80. The van der Waals surface area contributed by atoms with Gasteiger partial charge in [0.05, 0.1) is 22.7 Å². The third-order valence-corrected chi connectivity index (χ3v) is 5.16. The number of nitriles is 1. The molecule has 1 fully saturated rings. The highest BCUT2D eigenvalue weighted by Crippen LogP contribution is 2.27. The Labute approximate surface area is 127 Å². The van der Waals surface area contributed by atoms with Crippen molar-refractivity contribution in [2.24, 2.45) is 5.92 Å². The summed E-state index contributed by atoms with van der Waals surface area (Å²) in [4.78, 5) is 4.68. The van der Waals surface area contributed by atoms with Gasteiger partial charge in [-0.25, -0.2) is 4.98 Å². The summed E-state index contributed by atoms with van der Waals surface area (Å²) in [6.45, 7) is 0.991. The number of benzene rings is 1. The van der Waals surface area contributed by atoms with Gasteiger partial charge < -0.3 is 4.57 Å². The number of aromatic nitrogens is 2. The maximum absolute atomic E-state index is 9.08. The first kappa shape index (κ1) is 13.8. The van der Waals surface area contributed by atoms with Crippen LogP contribution in [0.2, 0.25) is 0 Å². The van der Waals surface area contributed by atoms with Gasteiger partial charge in [-0.2, -0.15) is 17.0 Å². The number of hydrogen-bond acceptors (Lipinski definition) is 3. The van der Waals surface area contributed by atoms with Gasteiger partial charge in [-0.3, -0.25) is 0 Å². The van der Waals surface area contributed by atoms with Crippen LogP contribution in [0.15, 0.2) is 18.2 Å². The van der Waals surface area contributed by atoms with Crippen molar-refractivity contribution in [2.75, 3.05) is 17.4 Å². The van der Waals surface area contributed by atoms with Crippen LogP contribution in [0, 0.1) is 17.2 Å². The zero-order chi connectivity index (χ0) is 13.9. The van der Waals surface area contributed by atoms with Gasteiger partial charge in [-0.15, -0.1) is 11.6 Å². The lowest BCUT2D eigenvalue weighted by Gasteiger charge is -2.13. The molecule has 2 heterocycles. The molecular weight excluding hydrogens is 290 g/mol. The minimum atomic E-state index is 0.577. The number of fused-ring (bicyclic) bond motifs is 1. The van der Waals surface area contributed by atoms with E-state index in [0.717, 1.165) is 29.8 Å². The van der Waals surface area contributed by atoms with Crippen molar-refractivity contribution in [1.82, 2.24) is 9.55 Å². The number of thioether (sulfide) groups is 1. The molecule has 1 saturated heterocycles. The molecule has 3 rings (SSSR count). The topological polar surface area (TPSA) is 41.6 Å². The van der Waals surface area contributed by atoms with Gasteiger partial charge in [-0.1, -0.05) is 0 Å². The van der Waals surface area contributed by atoms with Gasteiger partial charge in [0.25, 0.3) is 0 Å². The predicted octanol–water partition coefficient (Wildman–Crippen LogP) is 3.44. The van der Waals surface area contributed by atoms with E-state index in [1.54, 1.807) is 0 Å². The molecule has 1 atom stereocenters. The molecule has 104 valence electrons. The lowest BCUT2D eigenvalue weighted by molar-refractivity contribution is 0.490. The van der Waals surface area contributed by atoms with E-state index >= 15 is 0 Å². The zero-order valence-corrected chi connectivity index (χ0v) is 12.8. The van der Waals surface area contributed by atoms with Gasteiger partial charge in [-0.05, 0) is 42.0 Å². The van der Waals surface area contributed by atoms with E-state index in [1.165, 1.54) is 17.9 Å². The molecule has 1 aromatic heterocycles. The highest BCUT2D eigenvalue weighted by molar-refractivity contribution is 7.99. The van der Waals surface area contributed by atoms with Crippen LogP contribution in [0.1, 0.15) is 17.8 Å². The molecule has 0 N–H and O–H groups in total. The second-order valence-corrected chi connectivity index (χ2v) is 6.65. The quantitative estimate of drug-likeness (QED) is 0.813. The summed E-state index contributed by atoms with van der Waals surface area (Å²) in [6.07, 6.45) is 2.04. The van der Waals surface area contributed by atoms with Crippen LogP contribution in [0.5, 0.6) is 0 Å². The molecule has 1 aliphatic heterocycles. The number of imidazole rings is 1. The Hall–Kier alpha value is -1.18. The van der Waals surface area contributed by atoms with E-state index < -0.39 is 0 Å². The van der Waals surface area contributed by atoms with Crippen LogP contribution in [0.3, 0.4) is 0 Å². The van der Waals surface area contributed by atoms with Crippen LogP contribution in [-0.4, -0.2) is 26.9 Å². The average Bonchev–Trinajstić information content (AvgIpc) is 3.08. The first-order valence-electron chi connectivity index (χ1n) is 6.85. The van der Waals surface area contributed by atoms with E-state index in [2.05, 4.69) is 15.6 Å². The molecule has 3 nitrogen and oxygen atoms in total. The number of nitrogens with zero attached hydrogens (tertiary/aromatic N) is 3. The maximum Gasteiger partial charge on any atom is 0.111 e. The summed E-state index contributed by atoms with van der Waals surface area (Å²) >= 11 is 7.93. The lowest BCUT2D eigenvalue weighted by Crippen LogP contribution is -2.13. The Balaban J connectivity index is 2.04. The van der Waals surface area contributed by atoms with Gasteiger partial charge in [0.15, 0.2) is 0 Å². The monoisotopic (exact) mass is 305 g/mol. The normalized spacial score (nSPS) is 18.5. The van der Waals surface area contributed by atoms with Crippen molar-refractivity contribution >= 4 is 34.4 Å². The number of hydrogen-bond donors (Lipinski definition) is 0. The second-order valence-electron chi connectivity index (χ2n) is 5.12. The lowest BCUT2D eigenvalue weighted by atomic mass is 10.1. The van der Waals surface area contributed by atoms with Crippen molar-refractivity contribution < 1.29 is 0 Å². The molecule has 0 spiro atoms. The molecule has 20 heavy (non-hydrogen) atoms. The van der Waals surface area contributed by atoms with Gasteiger partial charge >= 0.3 is 0 Å². The first-order chi connectivity index (χ1) is 9.81. The van der Waals surface area contributed by atoms with Crippen molar-refractivity contribution in [2.45, 2.75) is 19.4 Å². The Morgan fingerprint density at radius 3 is 3.10 bits per heavy atom. The molecule has 0 radical (unpaired) electrons. The van der Waals surface area contributed by atoms with E-state index in [4.69, 9.17) is 16.9 Å². The summed E-state index contributed by atoms with van der Waals surface area (Å²) < 4.78 is 2.27. The van der Waals surface area contributed by atoms with Crippen LogP contribution >= 0.6 is 23.4 Å². The molecule has 0 saturated carbocycles. The second kappa shape index (κ2) is 6.07. The highest BCUT2D eigenvalue weighted by Gasteiger charge is 2.19. The Kier molecular flexibility index (Phi) is 4.18. The van der Waals surface area contributed by atoms with Crippen LogP contribution in [0.4, 0.5) is 0 Å². The summed E-state index contributed by atoms with van der Waals surface area (Å²) in [6, 6.07) is 7.92. The maximum atomic E-state index is 9.08. The van der Waals surface area contributed by atoms with Crippen molar-refractivity contribution in [3.63, 3.8) is 0 Å². The number of aryl methyl sites for hydroxylation is 1. The van der Waals surface area contributed by atoms with Crippen molar-refractivity contribution in [3.8, 4) is 6.07 Å². The molecule has 0 bridgehead atoms. The number of rotatable bonds is 4. The fraction of sp³-hybridized carbons (Fsp3) is 0.467. The van der Waals surface area contributed by atoms with Crippen molar-refractivity contribution in [3.05, 3.63) is 29.6 Å². The van der Waals surface area contributed by atoms with Crippen LogP contribution < -0.4 is 0 Å². The fourth-order valence-corrected chi connectivity index (χ4v) is 4.15. The molecule has 2 aromatic rings. The largest absolute Gasteiger partial charge is 0.328 e. The smallest absolute Gasteiger partial charge is 0.111 e. The molecule has 0 aliphatic carbocycles. The highest BCUT2D eigenvalue weighted by atomic mass is 35.5. The minimum Gasteiger partial charge on any atom is -0.328 e. The number of halogens is 1. The zero-order valence-electron chi connectivity index (χ0n) is 11.2. The average molecular weight is 306 g/mol. The summed E-state index contributed by atoms with van der Waals surface area (Å²) in [7, 11) is 0. The third-order valence-electron chi connectivity index (χ3n) is 3.74. The van der Waals surface area contributed by atoms with Crippen LogP contribution in [0.25, 0.3) is 11.0 Å². The van der Waals surface area contributed by atoms with Crippen molar-refractivity contribution in [1.29, 1.82) is 5.26 Å². The summed E-state index contributed by atoms with van der Waals surface area (Å²) in [5, 5.41) is 9.08.